The normalized spacial score (nSPS) is 12.9. The number of carboxylic acids is 1. The largest absolute Gasteiger partial charge is 0.478 e. The molecule has 0 fully saturated rings. The van der Waals surface area contributed by atoms with Crippen LogP contribution in [0.4, 0.5) is 23.7 Å². The molecule has 1 aliphatic rings. The zero-order valence-electron chi connectivity index (χ0n) is 18.1. The molecule has 4 rings (SSSR count). The second-order valence-corrected chi connectivity index (χ2v) is 7.90. The number of aryl methyl sites for hydroxylation is 1. The SMILES string of the molecule is Cc1cc(CNC(=O)N2CCc3cccc(Oc4ccc(C(F)(F)F)cc4)c32)ccc1C(=O)O. The third-order valence-corrected chi connectivity index (χ3v) is 5.58. The zero-order chi connectivity index (χ0) is 24.5. The molecule has 0 radical (unpaired) electrons. The van der Waals surface area contributed by atoms with Crippen molar-refractivity contribution in [2.24, 2.45) is 0 Å². The molecule has 0 aliphatic carbocycles. The number of amides is 2. The molecule has 0 unspecified atom stereocenters. The van der Waals surface area contributed by atoms with Crippen molar-refractivity contribution in [2.75, 3.05) is 11.4 Å². The van der Waals surface area contributed by atoms with Gasteiger partial charge in [0.05, 0.1) is 16.8 Å². The van der Waals surface area contributed by atoms with Gasteiger partial charge in [0.2, 0.25) is 0 Å². The van der Waals surface area contributed by atoms with Crippen LogP contribution >= 0.6 is 0 Å². The number of aromatic carboxylic acids is 1. The van der Waals surface area contributed by atoms with Crippen LogP contribution in [-0.4, -0.2) is 23.7 Å². The number of fused-ring (bicyclic) bond motifs is 1. The van der Waals surface area contributed by atoms with Gasteiger partial charge in [-0.1, -0.05) is 24.3 Å². The van der Waals surface area contributed by atoms with Crippen LogP contribution in [0.3, 0.4) is 0 Å². The van der Waals surface area contributed by atoms with Crippen LogP contribution in [0.25, 0.3) is 0 Å². The summed E-state index contributed by atoms with van der Waals surface area (Å²) in [6.07, 6.45) is -3.83. The third-order valence-electron chi connectivity index (χ3n) is 5.58. The van der Waals surface area contributed by atoms with Crippen LogP contribution in [-0.2, 0) is 19.1 Å². The summed E-state index contributed by atoms with van der Waals surface area (Å²) >= 11 is 0. The molecule has 2 amide bonds. The highest BCUT2D eigenvalue weighted by molar-refractivity contribution is 5.96. The average molecular weight is 470 g/mol. The number of rotatable bonds is 5. The number of anilines is 1. The van der Waals surface area contributed by atoms with Gasteiger partial charge in [0, 0.05) is 13.1 Å². The van der Waals surface area contributed by atoms with Crippen molar-refractivity contribution >= 4 is 17.7 Å². The van der Waals surface area contributed by atoms with Crippen molar-refractivity contribution in [3.63, 3.8) is 0 Å². The summed E-state index contributed by atoms with van der Waals surface area (Å²) in [6.45, 7) is 2.31. The Labute approximate surface area is 193 Å². The number of nitrogens with one attached hydrogen (secondary N) is 1. The van der Waals surface area contributed by atoms with Gasteiger partial charge in [0.15, 0.2) is 5.75 Å². The summed E-state index contributed by atoms with van der Waals surface area (Å²) in [6, 6.07) is 14.2. The van der Waals surface area contributed by atoms with Crippen molar-refractivity contribution in [1.82, 2.24) is 5.32 Å². The molecule has 0 saturated carbocycles. The van der Waals surface area contributed by atoms with Crippen LogP contribution in [0, 0.1) is 6.92 Å². The van der Waals surface area contributed by atoms with Crippen molar-refractivity contribution in [3.8, 4) is 11.5 Å². The number of ether oxygens (including phenoxy) is 1. The first-order chi connectivity index (χ1) is 16.1. The Morgan fingerprint density at radius 3 is 2.47 bits per heavy atom. The standard InChI is InChI=1S/C25H21F3N2O4/c1-15-13-16(5-10-20(15)23(31)32)14-29-24(33)30-12-11-17-3-2-4-21(22(17)30)34-19-8-6-18(7-9-19)25(26,27)28/h2-10,13H,11-12,14H2,1H3,(H,29,33)(H,31,32). The van der Waals surface area contributed by atoms with E-state index in [1.807, 2.05) is 6.07 Å². The minimum absolute atomic E-state index is 0.202. The number of carbonyl (C=O) groups is 2. The number of para-hydroxylation sites is 1. The fraction of sp³-hybridized carbons (Fsp3) is 0.200. The van der Waals surface area contributed by atoms with E-state index in [0.717, 1.165) is 23.3 Å². The van der Waals surface area contributed by atoms with E-state index in [9.17, 15) is 22.8 Å². The van der Waals surface area contributed by atoms with Gasteiger partial charge >= 0.3 is 18.2 Å². The molecular weight excluding hydrogens is 449 g/mol. The monoisotopic (exact) mass is 470 g/mol. The van der Waals surface area contributed by atoms with E-state index in [4.69, 9.17) is 9.84 Å². The van der Waals surface area contributed by atoms with E-state index in [0.29, 0.717) is 30.0 Å². The molecule has 0 saturated heterocycles. The summed E-state index contributed by atoms with van der Waals surface area (Å²) in [4.78, 5) is 25.7. The molecule has 1 heterocycles. The number of carboxylic acid groups (broad SMARTS) is 1. The lowest BCUT2D eigenvalue weighted by atomic mass is 10.1. The molecule has 0 bridgehead atoms. The fourth-order valence-corrected chi connectivity index (χ4v) is 3.89. The molecule has 0 atom stereocenters. The molecule has 3 aromatic rings. The van der Waals surface area contributed by atoms with Gasteiger partial charge in [0.1, 0.15) is 5.75 Å². The fourth-order valence-electron chi connectivity index (χ4n) is 3.89. The first-order valence-electron chi connectivity index (χ1n) is 10.5. The van der Waals surface area contributed by atoms with E-state index in [1.165, 1.54) is 23.1 Å². The Bertz CT molecular complexity index is 1240. The number of alkyl halides is 3. The number of hydrogen-bond donors (Lipinski definition) is 2. The molecule has 3 aromatic carbocycles. The maximum absolute atomic E-state index is 12.9. The highest BCUT2D eigenvalue weighted by Gasteiger charge is 2.31. The lowest BCUT2D eigenvalue weighted by Gasteiger charge is -2.21. The van der Waals surface area contributed by atoms with Crippen LogP contribution in [0.1, 0.15) is 32.6 Å². The van der Waals surface area contributed by atoms with Crippen molar-refractivity contribution in [3.05, 3.63) is 88.5 Å². The van der Waals surface area contributed by atoms with E-state index >= 15 is 0 Å². The maximum atomic E-state index is 12.9. The van der Waals surface area contributed by atoms with E-state index in [1.54, 1.807) is 31.2 Å². The number of nitrogens with zero attached hydrogens (tertiary/aromatic N) is 1. The van der Waals surface area contributed by atoms with Crippen molar-refractivity contribution in [2.45, 2.75) is 26.1 Å². The van der Waals surface area contributed by atoms with Gasteiger partial charge in [-0.25, -0.2) is 9.59 Å². The Hall–Kier alpha value is -4.01. The zero-order valence-corrected chi connectivity index (χ0v) is 18.1. The second-order valence-electron chi connectivity index (χ2n) is 7.90. The third kappa shape index (κ3) is 4.83. The van der Waals surface area contributed by atoms with E-state index in [2.05, 4.69) is 5.32 Å². The number of benzene rings is 3. The number of hydrogen-bond acceptors (Lipinski definition) is 3. The van der Waals surface area contributed by atoms with Gasteiger partial charge in [-0.15, -0.1) is 0 Å². The van der Waals surface area contributed by atoms with E-state index in [-0.39, 0.29) is 23.9 Å². The molecule has 34 heavy (non-hydrogen) atoms. The van der Waals surface area contributed by atoms with Gasteiger partial charge in [-0.05, 0) is 66.4 Å². The average Bonchev–Trinajstić information content (AvgIpc) is 3.22. The summed E-state index contributed by atoms with van der Waals surface area (Å²) in [5.41, 5.74) is 2.24. The lowest BCUT2D eigenvalue weighted by molar-refractivity contribution is -0.137. The molecule has 0 aromatic heterocycles. The maximum Gasteiger partial charge on any atom is 0.416 e. The number of urea groups is 1. The predicted molar refractivity (Wildman–Crippen MR) is 119 cm³/mol. The van der Waals surface area contributed by atoms with Crippen LogP contribution in [0.5, 0.6) is 11.5 Å². The second kappa shape index (κ2) is 9.09. The Kier molecular flexibility index (Phi) is 6.19. The van der Waals surface area contributed by atoms with Gasteiger partial charge in [-0.2, -0.15) is 13.2 Å². The van der Waals surface area contributed by atoms with Gasteiger partial charge in [-0.3, -0.25) is 4.90 Å². The van der Waals surface area contributed by atoms with Crippen LogP contribution < -0.4 is 15.0 Å². The number of carbonyl (C=O) groups excluding carboxylic acids is 1. The molecule has 6 nitrogen and oxygen atoms in total. The topological polar surface area (TPSA) is 78.9 Å². The summed E-state index contributed by atoms with van der Waals surface area (Å²) in [5, 5.41) is 12.0. The molecule has 0 spiro atoms. The molecule has 2 N–H and O–H groups in total. The summed E-state index contributed by atoms with van der Waals surface area (Å²) in [7, 11) is 0. The summed E-state index contributed by atoms with van der Waals surface area (Å²) < 4.78 is 44.3. The van der Waals surface area contributed by atoms with Crippen LogP contribution in [0.15, 0.2) is 60.7 Å². The quantitative estimate of drug-likeness (QED) is 0.496. The van der Waals surface area contributed by atoms with Gasteiger partial charge in [0.25, 0.3) is 0 Å². The summed E-state index contributed by atoms with van der Waals surface area (Å²) in [5.74, 6) is -0.420. The highest BCUT2D eigenvalue weighted by atomic mass is 19.4. The molecule has 1 aliphatic heterocycles. The Morgan fingerprint density at radius 1 is 1.09 bits per heavy atom. The van der Waals surface area contributed by atoms with Crippen molar-refractivity contribution < 1.29 is 32.6 Å². The minimum atomic E-state index is -4.44. The van der Waals surface area contributed by atoms with Crippen LogP contribution in [0.2, 0.25) is 0 Å². The van der Waals surface area contributed by atoms with Gasteiger partial charge < -0.3 is 15.2 Å². The first kappa shape index (κ1) is 23.2. The molecule has 176 valence electrons. The smallest absolute Gasteiger partial charge is 0.416 e. The Balaban J connectivity index is 1.49. The Morgan fingerprint density at radius 2 is 1.82 bits per heavy atom. The predicted octanol–water partition coefficient (Wildman–Crippen LogP) is 5.78. The van der Waals surface area contributed by atoms with Crippen molar-refractivity contribution in [1.29, 1.82) is 0 Å². The van der Waals surface area contributed by atoms with E-state index < -0.39 is 17.7 Å². The lowest BCUT2D eigenvalue weighted by Crippen LogP contribution is -2.38. The number of halogens is 3. The molecule has 9 heteroatoms. The minimum Gasteiger partial charge on any atom is -0.478 e. The molecular formula is C25H21F3N2O4. The highest BCUT2D eigenvalue weighted by Crippen LogP contribution is 2.40. The first-order valence-corrected chi connectivity index (χ1v) is 10.5.